The van der Waals surface area contributed by atoms with Crippen LogP contribution in [-0.2, 0) is 0 Å². The number of carbonyl (C=O) groups is 1. The minimum atomic E-state index is -0.831. The zero-order valence-corrected chi connectivity index (χ0v) is 14.3. The minimum Gasteiger partial charge on any atom is -0.497 e. The summed E-state index contributed by atoms with van der Waals surface area (Å²) in [6, 6.07) is 4.48. The van der Waals surface area contributed by atoms with Crippen LogP contribution >= 0.6 is 11.6 Å². The average molecular weight is 369 g/mol. The summed E-state index contributed by atoms with van der Waals surface area (Å²) >= 11 is 6.06. The van der Waals surface area contributed by atoms with Crippen molar-refractivity contribution in [2.24, 2.45) is 0 Å². The van der Waals surface area contributed by atoms with E-state index in [-0.39, 0.29) is 18.0 Å². The lowest BCUT2D eigenvalue weighted by Gasteiger charge is -2.16. The summed E-state index contributed by atoms with van der Waals surface area (Å²) in [5.74, 6) is 0.317. The molecule has 0 spiro atoms. The van der Waals surface area contributed by atoms with E-state index >= 15 is 0 Å². The van der Waals surface area contributed by atoms with Crippen LogP contribution in [0.5, 0.6) is 11.5 Å². The Kier molecular flexibility index (Phi) is 5.71. The molecule has 0 fully saturated rings. The number of aromatic amines is 2. The van der Waals surface area contributed by atoms with Gasteiger partial charge in [0.1, 0.15) is 29.5 Å². The van der Waals surface area contributed by atoms with E-state index in [1.807, 2.05) is 4.98 Å². The molecule has 10 heteroatoms. The molecule has 0 saturated carbocycles. The zero-order chi connectivity index (χ0) is 18.6. The van der Waals surface area contributed by atoms with Crippen LogP contribution in [0, 0.1) is 0 Å². The van der Waals surface area contributed by atoms with Crippen molar-refractivity contribution >= 4 is 23.2 Å². The van der Waals surface area contributed by atoms with Gasteiger partial charge in [0, 0.05) is 6.07 Å². The number of anilines is 1. The van der Waals surface area contributed by atoms with Gasteiger partial charge < -0.3 is 25.5 Å². The molecule has 1 atom stereocenters. The highest BCUT2D eigenvalue weighted by molar-refractivity contribution is 6.32. The molecule has 0 radical (unpaired) electrons. The van der Waals surface area contributed by atoms with Gasteiger partial charge in [-0.25, -0.2) is 4.79 Å². The standard InChI is InChI=1S/C15H17ClN4O5/c1-7(6-25-10-4-3-8(24-2)5-9(10)16)18-14(22)12-11(17)13(21)20-15(23)19-12/h3-5,7H,6,17H2,1-2H3,(H,18,22)(H2,19,20,21,23)/t7-/m1/s1. The highest BCUT2D eigenvalue weighted by Crippen LogP contribution is 2.28. The molecule has 1 aromatic carbocycles. The van der Waals surface area contributed by atoms with Crippen molar-refractivity contribution in [2.75, 3.05) is 19.5 Å². The average Bonchev–Trinajstić information content (AvgIpc) is 2.56. The van der Waals surface area contributed by atoms with Crippen LogP contribution in [0.15, 0.2) is 27.8 Å². The molecule has 25 heavy (non-hydrogen) atoms. The Hall–Kier alpha value is -2.94. The zero-order valence-electron chi connectivity index (χ0n) is 13.5. The number of hydrogen-bond acceptors (Lipinski definition) is 6. The number of benzene rings is 1. The number of nitrogens with two attached hydrogens (primary N) is 1. The molecule has 0 aliphatic carbocycles. The Balaban J connectivity index is 2.01. The minimum absolute atomic E-state index is 0.102. The van der Waals surface area contributed by atoms with Crippen LogP contribution < -0.4 is 31.8 Å². The topological polar surface area (TPSA) is 139 Å². The smallest absolute Gasteiger partial charge is 0.326 e. The fraction of sp³-hybridized carbons (Fsp3) is 0.267. The molecule has 0 bridgehead atoms. The lowest BCUT2D eigenvalue weighted by Crippen LogP contribution is -2.40. The molecule has 0 aliphatic rings. The lowest BCUT2D eigenvalue weighted by atomic mass is 10.3. The quantitative estimate of drug-likeness (QED) is 0.585. The van der Waals surface area contributed by atoms with Crippen LogP contribution in [-0.4, -0.2) is 35.6 Å². The summed E-state index contributed by atoms with van der Waals surface area (Å²) < 4.78 is 10.6. The Morgan fingerprint density at radius 3 is 2.72 bits per heavy atom. The van der Waals surface area contributed by atoms with Crippen molar-refractivity contribution in [3.8, 4) is 11.5 Å². The number of nitrogens with one attached hydrogen (secondary N) is 3. The summed E-state index contributed by atoms with van der Waals surface area (Å²) in [5.41, 5.74) is 3.18. The van der Waals surface area contributed by atoms with E-state index in [1.54, 1.807) is 25.1 Å². The number of carbonyl (C=O) groups excluding carboxylic acids is 1. The van der Waals surface area contributed by atoms with E-state index in [0.29, 0.717) is 16.5 Å². The first-order valence-corrected chi connectivity index (χ1v) is 7.59. The molecule has 5 N–H and O–H groups in total. The van der Waals surface area contributed by atoms with Crippen molar-refractivity contribution in [3.63, 3.8) is 0 Å². The number of aromatic nitrogens is 2. The molecule has 2 rings (SSSR count). The largest absolute Gasteiger partial charge is 0.497 e. The fourth-order valence-corrected chi connectivity index (χ4v) is 2.18. The van der Waals surface area contributed by atoms with Gasteiger partial charge in [-0.15, -0.1) is 0 Å². The Morgan fingerprint density at radius 2 is 2.08 bits per heavy atom. The van der Waals surface area contributed by atoms with Gasteiger partial charge in [0.2, 0.25) is 0 Å². The molecule has 0 unspecified atom stereocenters. The van der Waals surface area contributed by atoms with Crippen molar-refractivity contribution in [1.82, 2.24) is 15.3 Å². The fourth-order valence-electron chi connectivity index (χ4n) is 1.95. The Bertz CT molecular complexity index is 892. The third-order valence-electron chi connectivity index (χ3n) is 3.21. The van der Waals surface area contributed by atoms with Gasteiger partial charge in [0.15, 0.2) is 0 Å². The normalized spacial score (nSPS) is 11.6. The van der Waals surface area contributed by atoms with Gasteiger partial charge in [-0.1, -0.05) is 11.6 Å². The monoisotopic (exact) mass is 368 g/mol. The molecule has 9 nitrogen and oxygen atoms in total. The van der Waals surface area contributed by atoms with E-state index in [4.69, 9.17) is 26.8 Å². The molecular weight excluding hydrogens is 352 g/mol. The van der Waals surface area contributed by atoms with Crippen molar-refractivity contribution in [3.05, 3.63) is 49.8 Å². The predicted molar refractivity (Wildman–Crippen MR) is 92.5 cm³/mol. The maximum absolute atomic E-state index is 12.1. The second-order valence-corrected chi connectivity index (χ2v) is 5.59. The summed E-state index contributed by atoms with van der Waals surface area (Å²) in [6.45, 7) is 1.78. The number of hydrogen-bond donors (Lipinski definition) is 4. The van der Waals surface area contributed by atoms with E-state index in [0.717, 1.165) is 0 Å². The number of ether oxygens (including phenoxy) is 2. The van der Waals surface area contributed by atoms with Gasteiger partial charge in [-0.3, -0.25) is 14.6 Å². The molecule has 1 aromatic heterocycles. The first-order valence-electron chi connectivity index (χ1n) is 7.21. The molecular formula is C15H17ClN4O5. The van der Waals surface area contributed by atoms with E-state index in [2.05, 4.69) is 10.3 Å². The molecule has 0 aliphatic heterocycles. The van der Waals surface area contributed by atoms with Gasteiger partial charge in [-0.05, 0) is 19.1 Å². The van der Waals surface area contributed by atoms with E-state index in [9.17, 15) is 14.4 Å². The van der Waals surface area contributed by atoms with Crippen LogP contribution in [0.2, 0.25) is 5.02 Å². The first-order chi connectivity index (χ1) is 11.8. The maximum atomic E-state index is 12.1. The summed E-state index contributed by atoms with van der Waals surface area (Å²) in [6.07, 6.45) is 0. The number of H-pyrrole nitrogens is 2. The molecule has 2 aromatic rings. The van der Waals surface area contributed by atoms with Crippen molar-refractivity contribution in [2.45, 2.75) is 13.0 Å². The summed E-state index contributed by atoms with van der Waals surface area (Å²) in [7, 11) is 1.52. The third kappa shape index (κ3) is 4.54. The maximum Gasteiger partial charge on any atom is 0.326 e. The highest BCUT2D eigenvalue weighted by Gasteiger charge is 2.17. The van der Waals surface area contributed by atoms with E-state index in [1.165, 1.54) is 7.11 Å². The summed E-state index contributed by atoms with van der Waals surface area (Å²) in [5, 5.41) is 2.93. The lowest BCUT2D eigenvalue weighted by molar-refractivity contribution is 0.0922. The molecule has 134 valence electrons. The predicted octanol–water partition coefficient (Wildman–Crippen LogP) is 0.505. The van der Waals surface area contributed by atoms with Crippen LogP contribution in [0.1, 0.15) is 17.4 Å². The van der Waals surface area contributed by atoms with Crippen LogP contribution in [0.25, 0.3) is 0 Å². The van der Waals surface area contributed by atoms with Gasteiger partial charge >= 0.3 is 5.69 Å². The summed E-state index contributed by atoms with van der Waals surface area (Å²) in [4.78, 5) is 38.9. The number of methoxy groups -OCH3 is 1. The first kappa shape index (κ1) is 18.4. The van der Waals surface area contributed by atoms with E-state index < -0.39 is 23.2 Å². The van der Waals surface area contributed by atoms with Gasteiger partial charge in [0.05, 0.1) is 18.2 Å². The molecule has 1 amide bonds. The van der Waals surface area contributed by atoms with Gasteiger partial charge in [0.25, 0.3) is 11.5 Å². The Morgan fingerprint density at radius 1 is 1.36 bits per heavy atom. The second kappa shape index (κ2) is 7.75. The number of amides is 1. The highest BCUT2D eigenvalue weighted by atomic mass is 35.5. The van der Waals surface area contributed by atoms with Gasteiger partial charge in [-0.2, -0.15) is 0 Å². The Labute approximate surface area is 147 Å². The molecule has 0 saturated heterocycles. The SMILES string of the molecule is COc1ccc(OC[C@@H](C)NC(=O)c2[nH]c(=O)[nH]c(=O)c2N)c(Cl)c1. The number of nitrogen functional groups attached to an aromatic ring is 1. The van der Waals surface area contributed by atoms with Crippen LogP contribution in [0.4, 0.5) is 5.69 Å². The number of rotatable bonds is 6. The van der Waals surface area contributed by atoms with Crippen molar-refractivity contribution < 1.29 is 14.3 Å². The second-order valence-electron chi connectivity index (χ2n) is 5.18. The van der Waals surface area contributed by atoms with Crippen LogP contribution in [0.3, 0.4) is 0 Å². The number of halogens is 1. The molecule has 1 heterocycles. The third-order valence-corrected chi connectivity index (χ3v) is 3.51. The van der Waals surface area contributed by atoms with Crippen molar-refractivity contribution in [1.29, 1.82) is 0 Å².